The minimum atomic E-state index is -3.93. The van der Waals surface area contributed by atoms with Gasteiger partial charge in [0.1, 0.15) is 5.75 Å². The number of hydrogen-bond donors (Lipinski definition) is 1. The first-order chi connectivity index (χ1) is 5.43. The third kappa shape index (κ3) is 2.10. The van der Waals surface area contributed by atoms with Crippen LogP contribution in [0.4, 0.5) is 0 Å². The highest BCUT2D eigenvalue weighted by molar-refractivity contribution is 8.13. The van der Waals surface area contributed by atoms with Gasteiger partial charge in [-0.1, -0.05) is 6.07 Å². The molecular formula is C6H5ClO3S. The van der Waals surface area contributed by atoms with Crippen LogP contribution < -0.4 is 0 Å². The van der Waals surface area contributed by atoms with Crippen molar-refractivity contribution in [1.82, 2.24) is 0 Å². The number of benzene rings is 1. The molecule has 3 nitrogen and oxygen atoms in total. The SMILES string of the molecule is [2H]c1c(O)cccc1S(=O)(=O)Cl. The smallest absolute Gasteiger partial charge is 0.261 e. The number of phenols is 1. The van der Waals surface area contributed by atoms with Gasteiger partial charge in [0.25, 0.3) is 9.05 Å². The lowest BCUT2D eigenvalue weighted by Crippen LogP contribution is -1.88. The summed E-state index contributed by atoms with van der Waals surface area (Å²) in [4.78, 5) is -0.385. The number of phenolic OH excluding ortho intramolecular Hbond substituents is 1. The highest BCUT2D eigenvalue weighted by Gasteiger charge is 2.08. The summed E-state index contributed by atoms with van der Waals surface area (Å²) in [6, 6.07) is 3.20. The number of hydrogen-bond acceptors (Lipinski definition) is 3. The van der Waals surface area contributed by atoms with Crippen LogP contribution >= 0.6 is 10.7 Å². The fraction of sp³-hybridized carbons (Fsp3) is 0. The van der Waals surface area contributed by atoms with Crippen LogP contribution in [-0.2, 0) is 9.05 Å². The summed E-state index contributed by atoms with van der Waals surface area (Å²) in [5.74, 6) is -0.406. The molecule has 0 aliphatic carbocycles. The quantitative estimate of drug-likeness (QED) is 0.685. The van der Waals surface area contributed by atoms with Gasteiger partial charge >= 0.3 is 0 Å². The Morgan fingerprint density at radius 2 is 2.18 bits per heavy atom. The molecule has 5 heteroatoms. The predicted octanol–water partition coefficient (Wildman–Crippen LogP) is 1.32. The van der Waals surface area contributed by atoms with Crippen molar-refractivity contribution >= 4 is 19.7 Å². The van der Waals surface area contributed by atoms with Crippen LogP contribution in [0.5, 0.6) is 5.75 Å². The maximum absolute atomic E-state index is 10.7. The molecule has 0 aromatic heterocycles. The van der Waals surface area contributed by atoms with Gasteiger partial charge in [-0.15, -0.1) is 0 Å². The number of halogens is 1. The average Bonchev–Trinajstić information content (AvgIpc) is 1.92. The Hall–Kier alpha value is -0.740. The summed E-state index contributed by atoms with van der Waals surface area (Å²) >= 11 is 0. The second-order valence-electron chi connectivity index (χ2n) is 1.84. The van der Waals surface area contributed by atoms with Gasteiger partial charge in [-0.05, 0) is 18.2 Å². The van der Waals surface area contributed by atoms with Crippen LogP contribution in [0.1, 0.15) is 1.37 Å². The third-order valence-corrected chi connectivity index (χ3v) is 2.28. The van der Waals surface area contributed by atoms with Gasteiger partial charge in [0.15, 0.2) is 0 Å². The molecule has 60 valence electrons. The van der Waals surface area contributed by atoms with E-state index < -0.39 is 20.8 Å². The van der Waals surface area contributed by atoms with Crippen molar-refractivity contribution in [3.05, 3.63) is 24.2 Å². The minimum absolute atomic E-state index is 0.385. The molecule has 0 heterocycles. The van der Waals surface area contributed by atoms with E-state index in [0.29, 0.717) is 0 Å². The van der Waals surface area contributed by atoms with Gasteiger partial charge in [0.2, 0.25) is 0 Å². The van der Waals surface area contributed by atoms with Crippen molar-refractivity contribution in [1.29, 1.82) is 0 Å². The topological polar surface area (TPSA) is 54.4 Å². The monoisotopic (exact) mass is 193 g/mol. The van der Waals surface area contributed by atoms with E-state index in [0.717, 1.165) is 6.07 Å². The summed E-state index contributed by atoms with van der Waals surface area (Å²) < 4.78 is 28.6. The molecule has 0 unspecified atom stereocenters. The van der Waals surface area contributed by atoms with Crippen LogP contribution in [0.15, 0.2) is 29.1 Å². The highest BCUT2D eigenvalue weighted by Crippen LogP contribution is 2.18. The summed E-state index contributed by atoms with van der Waals surface area (Å²) in [5, 5.41) is 8.95. The first kappa shape index (κ1) is 6.94. The van der Waals surface area contributed by atoms with Gasteiger partial charge in [0, 0.05) is 10.7 Å². The van der Waals surface area contributed by atoms with E-state index in [2.05, 4.69) is 0 Å². The molecule has 0 atom stereocenters. The number of aromatic hydroxyl groups is 1. The third-order valence-electron chi connectivity index (χ3n) is 1.02. The Kier molecular flexibility index (Phi) is 1.71. The molecule has 0 bridgehead atoms. The molecule has 1 aromatic rings. The molecule has 0 spiro atoms. The van der Waals surface area contributed by atoms with E-state index in [1.165, 1.54) is 12.1 Å². The summed E-state index contributed by atoms with van der Waals surface area (Å²) in [6.45, 7) is 0. The van der Waals surface area contributed by atoms with Crippen molar-refractivity contribution in [3.8, 4) is 5.75 Å². The number of rotatable bonds is 1. The Labute approximate surface area is 70.1 Å². The van der Waals surface area contributed by atoms with E-state index in [4.69, 9.17) is 17.2 Å². The maximum atomic E-state index is 10.7. The second kappa shape index (κ2) is 2.71. The zero-order chi connectivity index (χ0) is 9.35. The largest absolute Gasteiger partial charge is 0.508 e. The average molecular weight is 194 g/mol. The molecule has 0 fully saturated rings. The molecule has 1 N–H and O–H groups in total. The Morgan fingerprint density at radius 3 is 2.64 bits per heavy atom. The van der Waals surface area contributed by atoms with Gasteiger partial charge in [0.05, 0.1) is 6.27 Å². The van der Waals surface area contributed by atoms with Crippen molar-refractivity contribution in [2.24, 2.45) is 0 Å². The van der Waals surface area contributed by atoms with E-state index >= 15 is 0 Å². The Balaban J connectivity index is 3.47. The lowest BCUT2D eigenvalue weighted by atomic mass is 10.3. The van der Waals surface area contributed by atoms with Gasteiger partial charge in [-0.2, -0.15) is 0 Å². The van der Waals surface area contributed by atoms with Crippen LogP contribution in [0.3, 0.4) is 0 Å². The molecule has 1 aromatic carbocycles. The maximum Gasteiger partial charge on any atom is 0.261 e. The summed E-state index contributed by atoms with van der Waals surface area (Å²) in [6.07, 6.45) is 0. The lowest BCUT2D eigenvalue weighted by molar-refractivity contribution is 0.473. The molecule has 1 rings (SSSR count). The van der Waals surface area contributed by atoms with Gasteiger partial charge in [-0.25, -0.2) is 8.42 Å². The normalized spacial score (nSPS) is 12.6. The molecule has 0 amide bonds. The molecular weight excluding hydrogens is 188 g/mol. The van der Waals surface area contributed by atoms with Gasteiger partial charge in [-0.3, -0.25) is 0 Å². The molecule has 0 saturated heterocycles. The zero-order valence-electron chi connectivity index (χ0n) is 6.28. The van der Waals surface area contributed by atoms with Crippen molar-refractivity contribution < 1.29 is 14.9 Å². The van der Waals surface area contributed by atoms with Crippen LogP contribution in [-0.4, -0.2) is 13.5 Å². The Bertz CT molecular complexity index is 401. The summed E-state index contributed by atoms with van der Waals surface area (Å²) in [5.41, 5.74) is 0. The van der Waals surface area contributed by atoms with Crippen LogP contribution in [0, 0.1) is 0 Å². The van der Waals surface area contributed by atoms with Crippen molar-refractivity contribution in [2.45, 2.75) is 4.90 Å². The van der Waals surface area contributed by atoms with Crippen molar-refractivity contribution in [2.75, 3.05) is 0 Å². The molecule has 0 saturated carbocycles. The highest BCUT2D eigenvalue weighted by atomic mass is 35.7. The van der Waals surface area contributed by atoms with Crippen LogP contribution in [0.25, 0.3) is 0 Å². The Morgan fingerprint density at radius 1 is 1.55 bits per heavy atom. The first-order valence-electron chi connectivity index (χ1n) is 3.16. The molecule has 11 heavy (non-hydrogen) atoms. The van der Waals surface area contributed by atoms with E-state index in [1.807, 2.05) is 0 Å². The van der Waals surface area contributed by atoms with Crippen LogP contribution in [0.2, 0.25) is 0 Å². The van der Waals surface area contributed by atoms with E-state index in [-0.39, 0.29) is 4.90 Å². The molecule has 0 aliphatic rings. The van der Waals surface area contributed by atoms with Crippen molar-refractivity contribution in [3.63, 3.8) is 0 Å². The van der Waals surface area contributed by atoms with E-state index in [9.17, 15) is 8.42 Å². The summed E-state index contributed by atoms with van der Waals surface area (Å²) in [7, 11) is 1.05. The lowest BCUT2D eigenvalue weighted by Gasteiger charge is -1.94. The molecule has 0 radical (unpaired) electrons. The minimum Gasteiger partial charge on any atom is -0.508 e. The molecule has 0 aliphatic heterocycles. The second-order valence-corrected chi connectivity index (χ2v) is 4.37. The predicted molar refractivity (Wildman–Crippen MR) is 41.1 cm³/mol. The van der Waals surface area contributed by atoms with Gasteiger partial charge < -0.3 is 5.11 Å². The zero-order valence-corrected chi connectivity index (χ0v) is 6.85. The first-order valence-corrected chi connectivity index (χ1v) is 4.97. The fourth-order valence-electron chi connectivity index (χ4n) is 0.578. The standard InChI is InChI=1S/C6H5ClO3S/c7-11(9,10)6-3-1-2-5(8)4-6/h1-4,8H/i4D. The van der Waals surface area contributed by atoms with E-state index in [1.54, 1.807) is 0 Å². The fourth-order valence-corrected chi connectivity index (χ4v) is 1.32.